The number of rotatable bonds is 6. The number of aryl methyl sites for hydroxylation is 1. The molecule has 0 unspecified atom stereocenters. The van der Waals surface area contributed by atoms with Gasteiger partial charge < -0.3 is 5.32 Å². The van der Waals surface area contributed by atoms with Crippen LogP contribution in [0.25, 0.3) is 16.6 Å². The number of thioether (sulfide) groups is 1. The second-order valence-electron chi connectivity index (χ2n) is 7.03. The lowest BCUT2D eigenvalue weighted by atomic mass is 10.1. The van der Waals surface area contributed by atoms with Crippen LogP contribution in [0.1, 0.15) is 12.5 Å². The van der Waals surface area contributed by atoms with Crippen LogP contribution in [0.15, 0.2) is 76.7 Å². The predicted octanol–water partition coefficient (Wildman–Crippen LogP) is 5.99. The van der Waals surface area contributed by atoms with Crippen molar-refractivity contribution in [2.24, 2.45) is 0 Å². The van der Waals surface area contributed by atoms with E-state index < -0.39 is 0 Å². The van der Waals surface area contributed by atoms with Crippen LogP contribution in [0.3, 0.4) is 0 Å². The summed E-state index contributed by atoms with van der Waals surface area (Å²) in [6.07, 6.45) is 0.902. The van der Waals surface area contributed by atoms with Crippen LogP contribution in [-0.2, 0) is 11.2 Å². The molecule has 5 nitrogen and oxygen atoms in total. The van der Waals surface area contributed by atoms with Gasteiger partial charge in [-0.2, -0.15) is 0 Å². The Morgan fingerprint density at radius 3 is 2.56 bits per heavy atom. The number of nitrogens with zero attached hydrogens (tertiary/aromatic N) is 2. The fourth-order valence-corrected chi connectivity index (χ4v) is 4.38. The summed E-state index contributed by atoms with van der Waals surface area (Å²) in [5.41, 5.74) is 2.71. The van der Waals surface area contributed by atoms with E-state index in [-0.39, 0.29) is 17.2 Å². The summed E-state index contributed by atoms with van der Waals surface area (Å²) < 4.78 is 1.55. The van der Waals surface area contributed by atoms with Gasteiger partial charge in [0.1, 0.15) is 0 Å². The first-order chi connectivity index (χ1) is 15.5. The summed E-state index contributed by atoms with van der Waals surface area (Å²) in [6.45, 7) is 2.07. The maximum absolute atomic E-state index is 13.3. The zero-order valence-corrected chi connectivity index (χ0v) is 19.5. The van der Waals surface area contributed by atoms with Crippen LogP contribution < -0.4 is 10.9 Å². The van der Waals surface area contributed by atoms with Crippen molar-refractivity contribution in [2.45, 2.75) is 18.5 Å². The molecule has 0 aliphatic rings. The Kier molecular flexibility index (Phi) is 6.84. The van der Waals surface area contributed by atoms with Crippen LogP contribution in [0.5, 0.6) is 0 Å². The van der Waals surface area contributed by atoms with Gasteiger partial charge in [0.15, 0.2) is 5.16 Å². The molecule has 0 saturated heterocycles. The molecule has 1 aromatic heterocycles. The molecular weight excluding hydrogens is 465 g/mol. The van der Waals surface area contributed by atoms with Gasteiger partial charge in [0, 0.05) is 5.02 Å². The molecule has 4 aromatic rings. The minimum Gasteiger partial charge on any atom is -0.324 e. The molecule has 0 atom stereocenters. The lowest BCUT2D eigenvalue weighted by molar-refractivity contribution is -0.113. The highest BCUT2D eigenvalue weighted by molar-refractivity contribution is 7.99. The first-order valence-electron chi connectivity index (χ1n) is 9.95. The smallest absolute Gasteiger partial charge is 0.266 e. The molecule has 1 heterocycles. The first kappa shape index (κ1) is 22.4. The minimum atomic E-state index is -0.283. The normalized spacial score (nSPS) is 11.0. The van der Waals surface area contributed by atoms with Crippen LogP contribution in [0.4, 0.5) is 5.69 Å². The second-order valence-corrected chi connectivity index (χ2v) is 8.82. The fraction of sp³-hybridized carbons (Fsp3) is 0.125. The number of carbonyl (C=O) groups excluding carboxylic acids is 1. The Balaban J connectivity index is 1.67. The number of benzene rings is 3. The number of amides is 1. The van der Waals surface area contributed by atoms with Gasteiger partial charge in [0.2, 0.25) is 5.91 Å². The summed E-state index contributed by atoms with van der Waals surface area (Å²) in [5, 5.41) is 4.57. The number of fused-ring (bicyclic) bond motifs is 1. The number of halogens is 2. The molecule has 1 amide bonds. The number of hydrogen-bond acceptors (Lipinski definition) is 4. The van der Waals surface area contributed by atoms with Gasteiger partial charge in [0.05, 0.1) is 33.1 Å². The van der Waals surface area contributed by atoms with Crippen molar-refractivity contribution in [3.8, 4) is 5.69 Å². The van der Waals surface area contributed by atoms with Crippen molar-refractivity contribution in [1.29, 1.82) is 0 Å². The third kappa shape index (κ3) is 4.83. The molecule has 162 valence electrons. The number of aromatic nitrogens is 2. The summed E-state index contributed by atoms with van der Waals surface area (Å²) in [5.74, 6) is -0.241. The third-order valence-corrected chi connectivity index (χ3v) is 6.39. The van der Waals surface area contributed by atoms with Gasteiger partial charge in [-0.15, -0.1) is 0 Å². The van der Waals surface area contributed by atoms with Gasteiger partial charge in [-0.05, 0) is 54.4 Å². The van der Waals surface area contributed by atoms with E-state index in [1.54, 1.807) is 34.9 Å². The molecule has 0 bridgehead atoms. The summed E-state index contributed by atoms with van der Waals surface area (Å²) in [6, 6.07) is 19.8. The highest BCUT2D eigenvalue weighted by Crippen LogP contribution is 2.26. The predicted molar refractivity (Wildman–Crippen MR) is 133 cm³/mol. The van der Waals surface area contributed by atoms with Crippen molar-refractivity contribution in [3.05, 3.63) is 92.7 Å². The van der Waals surface area contributed by atoms with Crippen molar-refractivity contribution >= 4 is 57.5 Å². The molecule has 32 heavy (non-hydrogen) atoms. The second kappa shape index (κ2) is 9.77. The fourth-order valence-electron chi connectivity index (χ4n) is 3.23. The van der Waals surface area contributed by atoms with Crippen LogP contribution in [-0.4, -0.2) is 21.2 Å². The van der Waals surface area contributed by atoms with Crippen LogP contribution in [0, 0.1) is 0 Å². The average molecular weight is 484 g/mol. The van der Waals surface area contributed by atoms with Crippen molar-refractivity contribution in [2.75, 3.05) is 11.1 Å². The van der Waals surface area contributed by atoms with E-state index in [2.05, 4.69) is 17.2 Å². The summed E-state index contributed by atoms with van der Waals surface area (Å²) in [4.78, 5) is 30.5. The largest absolute Gasteiger partial charge is 0.324 e. The summed E-state index contributed by atoms with van der Waals surface area (Å²) in [7, 11) is 0. The SMILES string of the molecule is CCc1ccc(-n2c(SCC(=O)Nc3cc(Cl)ccc3Cl)nc3ccccc3c2=O)cc1. The average Bonchev–Trinajstić information content (AvgIpc) is 2.80. The lowest BCUT2D eigenvalue weighted by Crippen LogP contribution is -2.23. The van der Waals surface area contributed by atoms with E-state index in [9.17, 15) is 9.59 Å². The monoisotopic (exact) mass is 483 g/mol. The van der Waals surface area contributed by atoms with Gasteiger partial charge in [-0.25, -0.2) is 4.98 Å². The Bertz CT molecular complexity index is 1350. The summed E-state index contributed by atoms with van der Waals surface area (Å²) >= 11 is 13.3. The molecular formula is C24H19Cl2N3O2S. The van der Waals surface area contributed by atoms with E-state index in [4.69, 9.17) is 23.2 Å². The highest BCUT2D eigenvalue weighted by atomic mass is 35.5. The Hall–Kier alpha value is -2.80. The number of para-hydroxylation sites is 1. The zero-order valence-electron chi connectivity index (χ0n) is 17.1. The molecule has 0 fully saturated rings. The molecule has 0 aliphatic heterocycles. The third-order valence-electron chi connectivity index (χ3n) is 4.88. The van der Waals surface area contributed by atoms with Gasteiger partial charge in [-0.1, -0.05) is 66.2 Å². The molecule has 0 spiro atoms. The maximum Gasteiger partial charge on any atom is 0.266 e. The molecule has 4 rings (SSSR count). The van der Waals surface area contributed by atoms with E-state index >= 15 is 0 Å². The van der Waals surface area contributed by atoms with Crippen molar-refractivity contribution in [3.63, 3.8) is 0 Å². The lowest BCUT2D eigenvalue weighted by Gasteiger charge is -2.14. The van der Waals surface area contributed by atoms with E-state index in [1.807, 2.05) is 36.4 Å². The van der Waals surface area contributed by atoms with Crippen molar-refractivity contribution < 1.29 is 4.79 Å². The standard InChI is InChI=1S/C24H19Cl2N3O2S/c1-2-15-7-10-17(11-8-15)29-23(31)18-5-3-4-6-20(18)28-24(29)32-14-22(30)27-21-13-16(25)9-12-19(21)26/h3-13H,2,14H2,1H3,(H,27,30). The van der Waals surface area contributed by atoms with Gasteiger partial charge in [0.25, 0.3) is 5.56 Å². The van der Waals surface area contributed by atoms with Gasteiger partial charge in [-0.3, -0.25) is 14.2 Å². The molecule has 8 heteroatoms. The Morgan fingerprint density at radius 1 is 1.06 bits per heavy atom. The molecule has 0 aliphatic carbocycles. The van der Waals surface area contributed by atoms with Crippen LogP contribution >= 0.6 is 35.0 Å². The topological polar surface area (TPSA) is 64.0 Å². The molecule has 3 aromatic carbocycles. The highest BCUT2D eigenvalue weighted by Gasteiger charge is 2.15. The van der Waals surface area contributed by atoms with Crippen molar-refractivity contribution in [1.82, 2.24) is 9.55 Å². The number of anilines is 1. The van der Waals surface area contributed by atoms with Gasteiger partial charge >= 0.3 is 0 Å². The minimum absolute atomic E-state index is 0.0423. The first-order valence-corrected chi connectivity index (χ1v) is 11.7. The van der Waals surface area contributed by atoms with E-state index in [0.29, 0.717) is 37.5 Å². The maximum atomic E-state index is 13.3. The number of hydrogen-bond donors (Lipinski definition) is 1. The number of nitrogens with one attached hydrogen (secondary N) is 1. The van der Waals surface area contributed by atoms with Crippen LogP contribution in [0.2, 0.25) is 10.0 Å². The zero-order chi connectivity index (χ0) is 22.7. The van der Waals surface area contributed by atoms with E-state index in [0.717, 1.165) is 6.42 Å². The molecule has 1 N–H and O–H groups in total. The molecule has 0 saturated carbocycles. The quantitative estimate of drug-likeness (QED) is 0.270. The molecule has 0 radical (unpaired) electrons. The Labute approximate surface area is 199 Å². The number of carbonyl (C=O) groups is 1. The van der Waals surface area contributed by atoms with E-state index in [1.165, 1.54) is 17.3 Å². The Morgan fingerprint density at radius 2 is 1.81 bits per heavy atom.